The molecule has 0 bridgehead atoms. The second-order valence-electron chi connectivity index (χ2n) is 9.93. The molecule has 0 radical (unpaired) electrons. The molecule has 6 heteroatoms. The van der Waals surface area contributed by atoms with E-state index in [1.165, 1.54) is 16.5 Å². The average Bonchev–Trinajstić information content (AvgIpc) is 3.29. The quantitative estimate of drug-likeness (QED) is 0.286. The summed E-state index contributed by atoms with van der Waals surface area (Å²) in [7, 11) is 0. The van der Waals surface area contributed by atoms with Crippen molar-refractivity contribution in [3.8, 4) is 0 Å². The van der Waals surface area contributed by atoms with Gasteiger partial charge in [0.25, 0.3) is 0 Å². The van der Waals surface area contributed by atoms with Crippen LogP contribution in [0.5, 0.6) is 0 Å². The van der Waals surface area contributed by atoms with E-state index in [-0.39, 0.29) is 24.5 Å². The molecule has 3 aromatic carbocycles. The minimum Gasteiger partial charge on any atom is -0.361 e. The number of aromatic amines is 1. The molecule has 37 heavy (non-hydrogen) atoms. The van der Waals surface area contributed by atoms with E-state index in [1.807, 2.05) is 68.3 Å². The molecule has 0 atom stereocenters. The molecule has 1 aromatic heterocycles. The molecular weight excluding hydrogens is 460 g/mol. The summed E-state index contributed by atoms with van der Waals surface area (Å²) < 4.78 is 0. The fraction of sp³-hybridized carbons (Fsp3) is 0.290. The molecule has 0 saturated heterocycles. The number of nitrogens with zero attached hydrogens (tertiary/aromatic N) is 2. The van der Waals surface area contributed by atoms with E-state index in [4.69, 9.17) is 0 Å². The number of fused-ring (bicyclic) bond motifs is 1. The van der Waals surface area contributed by atoms with Crippen molar-refractivity contribution in [3.63, 3.8) is 0 Å². The zero-order valence-corrected chi connectivity index (χ0v) is 22.1. The van der Waals surface area contributed by atoms with Gasteiger partial charge in [0.2, 0.25) is 5.91 Å². The number of aromatic nitrogens is 1. The van der Waals surface area contributed by atoms with Gasteiger partial charge in [-0.1, -0.05) is 60.2 Å². The number of H-pyrrole nitrogens is 1. The standard InChI is InChI=1S/C31H36N4O2/c1-22(2)35(31(37)33-27-9-7-8-24(4)18-27)21-30(36)34(20-25-14-12-23(3)13-15-25)17-16-26-19-32-29-11-6-5-10-28(26)29/h5-15,18-19,22,32H,16-17,20-21H2,1-4H3,(H,33,37). The van der Waals surface area contributed by atoms with Crippen LogP contribution in [0.25, 0.3) is 10.9 Å². The lowest BCUT2D eigenvalue weighted by Gasteiger charge is -2.30. The molecule has 0 saturated carbocycles. The molecule has 2 N–H and O–H groups in total. The number of hydrogen-bond donors (Lipinski definition) is 2. The Morgan fingerprint density at radius 1 is 0.919 bits per heavy atom. The van der Waals surface area contributed by atoms with Crippen LogP contribution >= 0.6 is 0 Å². The summed E-state index contributed by atoms with van der Waals surface area (Å²) >= 11 is 0. The van der Waals surface area contributed by atoms with E-state index in [9.17, 15) is 9.59 Å². The second kappa shape index (κ2) is 11.8. The Morgan fingerprint density at radius 2 is 1.68 bits per heavy atom. The first-order valence-corrected chi connectivity index (χ1v) is 12.8. The van der Waals surface area contributed by atoms with Gasteiger partial charge in [-0.3, -0.25) is 4.79 Å². The number of hydrogen-bond acceptors (Lipinski definition) is 2. The predicted molar refractivity (Wildman–Crippen MR) is 151 cm³/mol. The van der Waals surface area contributed by atoms with Crippen molar-refractivity contribution in [2.45, 2.75) is 46.7 Å². The van der Waals surface area contributed by atoms with Crippen LogP contribution in [-0.2, 0) is 17.8 Å². The van der Waals surface area contributed by atoms with Crippen LogP contribution < -0.4 is 5.32 Å². The van der Waals surface area contributed by atoms with Gasteiger partial charge < -0.3 is 20.1 Å². The maximum atomic E-state index is 13.7. The monoisotopic (exact) mass is 496 g/mol. The van der Waals surface area contributed by atoms with Crippen LogP contribution in [0.3, 0.4) is 0 Å². The number of rotatable bonds is 9. The highest BCUT2D eigenvalue weighted by Gasteiger charge is 2.24. The second-order valence-corrected chi connectivity index (χ2v) is 9.93. The maximum Gasteiger partial charge on any atom is 0.322 e. The van der Waals surface area contributed by atoms with E-state index in [0.717, 1.165) is 28.8 Å². The zero-order valence-electron chi connectivity index (χ0n) is 22.1. The van der Waals surface area contributed by atoms with Gasteiger partial charge in [-0.15, -0.1) is 0 Å². The molecule has 4 aromatic rings. The van der Waals surface area contributed by atoms with Crippen LogP contribution in [0.1, 0.15) is 36.1 Å². The van der Waals surface area contributed by atoms with Crippen LogP contribution in [0, 0.1) is 13.8 Å². The molecule has 4 rings (SSSR count). The Balaban J connectivity index is 1.51. The normalized spacial score (nSPS) is 11.1. The largest absolute Gasteiger partial charge is 0.361 e. The van der Waals surface area contributed by atoms with E-state index in [2.05, 4.69) is 53.6 Å². The fourth-order valence-electron chi connectivity index (χ4n) is 4.45. The lowest BCUT2D eigenvalue weighted by molar-refractivity contribution is -0.132. The minimum absolute atomic E-state index is 0.00899. The lowest BCUT2D eigenvalue weighted by atomic mass is 10.1. The number of amides is 3. The average molecular weight is 497 g/mol. The van der Waals surface area contributed by atoms with Gasteiger partial charge in [-0.05, 0) is 69.0 Å². The highest BCUT2D eigenvalue weighted by atomic mass is 16.2. The predicted octanol–water partition coefficient (Wildman–Crippen LogP) is 6.30. The Kier molecular flexibility index (Phi) is 8.29. The number of para-hydroxylation sites is 1. The highest BCUT2D eigenvalue weighted by Crippen LogP contribution is 2.19. The molecule has 192 valence electrons. The molecule has 1 heterocycles. The molecule has 0 unspecified atom stereocenters. The third-order valence-electron chi connectivity index (χ3n) is 6.63. The molecule has 0 aliphatic rings. The van der Waals surface area contributed by atoms with Gasteiger partial charge in [0, 0.05) is 41.9 Å². The number of nitrogens with one attached hydrogen (secondary N) is 2. The summed E-state index contributed by atoms with van der Waals surface area (Å²) in [6.07, 6.45) is 2.74. The Labute approximate surface area is 219 Å². The van der Waals surface area contributed by atoms with Gasteiger partial charge in [0.1, 0.15) is 6.54 Å². The zero-order chi connectivity index (χ0) is 26.4. The van der Waals surface area contributed by atoms with Gasteiger partial charge in [0.05, 0.1) is 0 Å². The minimum atomic E-state index is -0.277. The van der Waals surface area contributed by atoms with E-state index in [0.29, 0.717) is 13.1 Å². The summed E-state index contributed by atoms with van der Waals surface area (Å²) in [5, 5.41) is 4.12. The first-order chi connectivity index (χ1) is 17.8. The van der Waals surface area contributed by atoms with Crippen molar-refractivity contribution in [2.24, 2.45) is 0 Å². The van der Waals surface area contributed by atoms with Crippen LogP contribution in [0.4, 0.5) is 10.5 Å². The van der Waals surface area contributed by atoms with Crippen LogP contribution in [-0.4, -0.2) is 45.9 Å². The van der Waals surface area contributed by atoms with Crippen molar-refractivity contribution < 1.29 is 9.59 Å². The first-order valence-electron chi connectivity index (χ1n) is 12.8. The summed E-state index contributed by atoms with van der Waals surface area (Å²) in [5.74, 6) is -0.0755. The number of benzene rings is 3. The number of carbonyl (C=O) groups excluding carboxylic acids is 2. The van der Waals surface area contributed by atoms with Crippen molar-refractivity contribution in [1.29, 1.82) is 0 Å². The third kappa shape index (κ3) is 6.79. The van der Waals surface area contributed by atoms with Gasteiger partial charge in [-0.2, -0.15) is 0 Å². The van der Waals surface area contributed by atoms with Crippen molar-refractivity contribution in [3.05, 3.63) is 101 Å². The molecule has 3 amide bonds. The molecule has 0 spiro atoms. The smallest absolute Gasteiger partial charge is 0.322 e. The van der Waals surface area contributed by atoms with Gasteiger partial charge >= 0.3 is 6.03 Å². The van der Waals surface area contributed by atoms with Gasteiger partial charge in [0.15, 0.2) is 0 Å². The van der Waals surface area contributed by atoms with E-state index < -0.39 is 0 Å². The lowest BCUT2D eigenvalue weighted by Crippen LogP contribution is -2.47. The Hall–Kier alpha value is -4.06. The van der Waals surface area contributed by atoms with Gasteiger partial charge in [-0.25, -0.2) is 4.79 Å². The van der Waals surface area contributed by atoms with Crippen molar-refractivity contribution >= 4 is 28.5 Å². The SMILES string of the molecule is Cc1ccc(CN(CCc2c[nH]c3ccccc23)C(=O)CN(C(=O)Nc2cccc(C)c2)C(C)C)cc1. The number of carbonyl (C=O) groups is 2. The summed E-state index contributed by atoms with van der Waals surface area (Å²) in [5.41, 5.74) is 6.30. The molecular formula is C31H36N4O2. The fourth-order valence-corrected chi connectivity index (χ4v) is 4.45. The third-order valence-corrected chi connectivity index (χ3v) is 6.63. The number of urea groups is 1. The van der Waals surface area contributed by atoms with E-state index >= 15 is 0 Å². The van der Waals surface area contributed by atoms with Crippen LogP contribution in [0.2, 0.25) is 0 Å². The maximum absolute atomic E-state index is 13.7. The summed E-state index contributed by atoms with van der Waals surface area (Å²) in [6, 6.07) is 23.7. The summed E-state index contributed by atoms with van der Waals surface area (Å²) in [6.45, 7) is 8.95. The van der Waals surface area contributed by atoms with Crippen molar-refractivity contribution in [1.82, 2.24) is 14.8 Å². The number of aryl methyl sites for hydroxylation is 2. The van der Waals surface area contributed by atoms with Crippen LogP contribution in [0.15, 0.2) is 79.0 Å². The molecule has 0 aliphatic heterocycles. The van der Waals surface area contributed by atoms with E-state index in [1.54, 1.807) is 4.90 Å². The Morgan fingerprint density at radius 3 is 2.41 bits per heavy atom. The Bertz CT molecular complexity index is 1360. The highest BCUT2D eigenvalue weighted by molar-refractivity contribution is 5.92. The number of anilines is 1. The van der Waals surface area contributed by atoms with Crippen molar-refractivity contribution in [2.75, 3.05) is 18.4 Å². The molecule has 0 fully saturated rings. The summed E-state index contributed by atoms with van der Waals surface area (Å²) in [4.78, 5) is 33.6. The molecule has 0 aliphatic carbocycles. The first kappa shape index (κ1) is 26.0. The molecule has 6 nitrogen and oxygen atoms in total. The topological polar surface area (TPSA) is 68.4 Å².